The van der Waals surface area contributed by atoms with Crippen LogP contribution in [0.3, 0.4) is 0 Å². The Morgan fingerprint density at radius 1 is 1.65 bits per heavy atom. The van der Waals surface area contributed by atoms with Crippen molar-refractivity contribution in [1.82, 2.24) is 10.6 Å². The van der Waals surface area contributed by atoms with Crippen molar-refractivity contribution < 1.29 is 14.1 Å². The molecule has 10 nitrogen and oxygen atoms in total. The van der Waals surface area contributed by atoms with Crippen LogP contribution in [0.5, 0.6) is 0 Å². The number of anilines is 1. The van der Waals surface area contributed by atoms with Gasteiger partial charge in [-0.25, -0.2) is 10.2 Å². The third-order valence-corrected chi connectivity index (χ3v) is 2.21. The van der Waals surface area contributed by atoms with Gasteiger partial charge >= 0.3 is 6.03 Å². The third kappa shape index (κ3) is 4.08. The number of carbonyl (C=O) groups is 1. The molecule has 0 aliphatic rings. The quantitative estimate of drug-likeness (QED) is 0.219. The molecule has 1 heterocycles. The number of aryl methyl sites for hydroxylation is 1. The summed E-state index contributed by atoms with van der Waals surface area (Å²) in [4.78, 5) is 11.3. The summed E-state index contributed by atoms with van der Waals surface area (Å²) in [5.41, 5.74) is 14.4. The zero-order valence-corrected chi connectivity index (χ0v) is 10.8. The number of allylic oxidation sites excluding steroid dienone is 1. The number of ether oxygens (including phenoxy) is 1. The molecule has 0 bridgehead atoms. The number of amides is 2. The fraction of sp³-hybridized carbons (Fsp3) is 0.300. The van der Waals surface area contributed by atoms with Gasteiger partial charge in [-0.1, -0.05) is 17.3 Å². The summed E-state index contributed by atoms with van der Waals surface area (Å²) in [6.07, 6.45) is 2.82. The molecule has 1 aromatic rings. The van der Waals surface area contributed by atoms with Crippen LogP contribution in [0.4, 0.5) is 10.6 Å². The molecule has 108 valence electrons. The highest BCUT2D eigenvalue weighted by Crippen LogP contribution is 2.21. The lowest BCUT2D eigenvalue weighted by Crippen LogP contribution is -2.24. The summed E-state index contributed by atoms with van der Waals surface area (Å²) in [5, 5.41) is 15.7. The van der Waals surface area contributed by atoms with Gasteiger partial charge in [-0.3, -0.25) is 5.32 Å². The van der Waals surface area contributed by atoms with Crippen molar-refractivity contribution in [2.75, 3.05) is 5.32 Å². The summed E-state index contributed by atoms with van der Waals surface area (Å²) in [6, 6.07) is -0.722. The highest BCUT2D eigenvalue weighted by atomic mass is 16.5. The lowest BCUT2D eigenvalue weighted by Gasteiger charge is -2.06. The standard InChI is InChI=1S/C10H15N7O3/c1-2-7-6(5-19-8(12)3-4-11)9(16-20-7)14-10(18)15-17-13/h3-4,11H,2,5,12H2,1H3,(H3,13,14,15,16,18). The Balaban J connectivity index is 2.83. The molecule has 0 saturated heterocycles. The minimum absolute atomic E-state index is 0.0243. The van der Waals surface area contributed by atoms with E-state index in [1.165, 1.54) is 6.08 Å². The number of carbonyl (C=O) groups excluding carboxylic acids is 1. The number of urea groups is 1. The molecule has 1 aromatic heterocycles. The smallest absolute Gasteiger partial charge is 0.342 e. The summed E-state index contributed by atoms with van der Waals surface area (Å²) in [5.74, 6) is 0.747. The van der Waals surface area contributed by atoms with E-state index in [0.717, 1.165) is 6.21 Å². The average Bonchev–Trinajstić information content (AvgIpc) is 2.79. The van der Waals surface area contributed by atoms with Crippen molar-refractivity contribution in [2.45, 2.75) is 20.0 Å². The van der Waals surface area contributed by atoms with Gasteiger partial charge in [-0.15, -0.1) is 0 Å². The van der Waals surface area contributed by atoms with Gasteiger partial charge in [0.15, 0.2) is 11.7 Å². The Bertz CT molecular complexity index is 523. The molecular weight excluding hydrogens is 266 g/mol. The molecule has 0 saturated carbocycles. The molecule has 0 fully saturated rings. The fourth-order valence-corrected chi connectivity index (χ4v) is 1.34. The number of hydrogen-bond donors (Lipinski definition) is 5. The zero-order valence-electron chi connectivity index (χ0n) is 10.8. The predicted octanol–water partition coefficient (Wildman–Crippen LogP) is 1.27. The highest BCUT2D eigenvalue weighted by molar-refractivity contribution is 5.88. The molecule has 20 heavy (non-hydrogen) atoms. The second-order valence-electron chi connectivity index (χ2n) is 3.49. The van der Waals surface area contributed by atoms with Gasteiger partial charge in [0.25, 0.3) is 0 Å². The van der Waals surface area contributed by atoms with Crippen molar-refractivity contribution in [3.8, 4) is 0 Å². The Kier molecular flexibility index (Phi) is 5.69. The normalized spacial score (nSPS) is 10.8. The first kappa shape index (κ1) is 15.1. The maximum absolute atomic E-state index is 11.3. The van der Waals surface area contributed by atoms with Gasteiger partial charge in [0, 0.05) is 18.7 Å². The van der Waals surface area contributed by atoms with E-state index in [1.807, 2.05) is 12.3 Å². The van der Waals surface area contributed by atoms with E-state index in [2.05, 4.69) is 15.7 Å². The number of nitrogens with zero attached hydrogens (tertiary/aromatic N) is 2. The Morgan fingerprint density at radius 2 is 2.40 bits per heavy atom. The Hall–Kier alpha value is -2.91. The average molecular weight is 281 g/mol. The second kappa shape index (κ2) is 7.51. The molecule has 6 N–H and O–H groups in total. The van der Waals surface area contributed by atoms with Crippen LogP contribution in [0.2, 0.25) is 0 Å². The first-order chi connectivity index (χ1) is 9.62. The molecule has 0 spiro atoms. The van der Waals surface area contributed by atoms with Crippen LogP contribution >= 0.6 is 0 Å². The van der Waals surface area contributed by atoms with Crippen LogP contribution in [-0.4, -0.2) is 17.4 Å². The predicted molar refractivity (Wildman–Crippen MR) is 69.0 cm³/mol. The molecule has 1 rings (SSSR count). The van der Waals surface area contributed by atoms with Crippen LogP contribution in [-0.2, 0) is 17.8 Å². The minimum Gasteiger partial charge on any atom is -0.474 e. The number of aromatic nitrogens is 1. The van der Waals surface area contributed by atoms with E-state index in [9.17, 15) is 4.79 Å². The highest BCUT2D eigenvalue weighted by Gasteiger charge is 2.17. The van der Waals surface area contributed by atoms with E-state index in [-0.39, 0.29) is 18.3 Å². The summed E-state index contributed by atoms with van der Waals surface area (Å²) < 4.78 is 10.3. The van der Waals surface area contributed by atoms with Gasteiger partial charge in [-0.05, 0) is 0 Å². The maximum atomic E-state index is 11.3. The molecule has 2 amide bonds. The van der Waals surface area contributed by atoms with Crippen LogP contribution in [0.1, 0.15) is 18.2 Å². The lowest BCUT2D eigenvalue weighted by molar-refractivity contribution is 0.195. The van der Waals surface area contributed by atoms with Crippen LogP contribution in [0.15, 0.2) is 21.7 Å². The van der Waals surface area contributed by atoms with Gasteiger partial charge in [0.2, 0.25) is 0 Å². The van der Waals surface area contributed by atoms with Gasteiger partial charge in [-0.2, -0.15) is 5.53 Å². The summed E-state index contributed by atoms with van der Waals surface area (Å²) in [7, 11) is 0. The molecule has 0 aliphatic carbocycles. The van der Waals surface area contributed by atoms with Gasteiger partial charge in [0.05, 0.1) is 5.56 Å². The number of nitrogens with one attached hydrogen (secondary N) is 4. The lowest BCUT2D eigenvalue weighted by atomic mass is 10.2. The van der Waals surface area contributed by atoms with E-state index < -0.39 is 6.03 Å². The first-order valence-corrected chi connectivity index (χ1v) is 5.62. The van der Waals surface area contributed by atoms with Crippen LogP contribution in [0, 0.1) is 10.9 Å². The molecule has 0 aliphatic heterocycles. The molecule has 0 aromatic carbocycles. The van der Waals surface area contributed by atoms with Gasteiger partial charge in [0.1, 0.15) is 12.4 Å². The third-order valence-electron chi connectivity index (χ3n) is 2.21. The summed E-state index contributed by atoms with van der Waals surface area (Å²) >= 11 is 0. The maximum Gasteiger partial charge on any atom is 0.342 e. The minimum atomic E-state index is -0.722. The van der Waals surface area contributed by atoms with Crippen LogP contribution in [0.25, 0.3) is 0 Å². The van der Waals surface area contributed by atoms with E-state index in [0.29, 0.717) is 17.7 Å². The Labute approximate surface area is 114 Å². The first-order valence-electron chi connectivity index (χ1n) is 5.62. The molecule has 10 heteroatoms. The van der Waals surface area contributed by atoms with Gasteiger partial charge < -0.3 is 20.4 Å². The van der Waals surface area contributed by atoms with Crippen molar-refractivity contribution in [3.05, 3.63) is 23.3 Å². The van der Waals surface area contributed by atoms with E-state index in [4.69, 9.17) is 25.9 Å². The number of nitrogens with two attached hydrogens (primary N) is 1. The number of rotatable bonds is 7. The molecule has 0 atom stereocenters. The van der Waals surface area contributed by atoms with E-state index >= 15 is 0 Å². The van der Waals surface area contributed by atoms with Crippen molar-refractivity contribution in [1.29, 1.82) is 10.9 Å². The monoisotopic (exact) mass is 281 g/mol. The summed E-state index contributed by atoms with van der Waals surface area (Å²) in [6.45, 7) is 1.88. The van der Waals surface area contributed by atoms with Crippen molar-refractivity contribution in [2.24, 2.45) is 11.0 Å². The number of hydrogen-bond acceptors (Lipinski definition) is 8. The van der Waals surface area contributed by atoms with E-state index in [1.54, 1.807) is 0 Å². The topological polar surface area (TPSA) is 162 Å². The Morgan fingerprint density at radius 3 is 3.00 bits per heavy atom. The molecular formula is C10H15N7O3. The molecule has 0 radical (unpaired) electrons. The second-order valence-corrected chi connectivity index (χ2v) is 3.49. The van der Waals surface area contributed by atoms with Crippen molar-refractivity contribution >= 4 is 18.1 Å². The van der Waals surface area contributed by atoms with Crippen molar-refractivity contribution in [3.63, 3.8) is 0 Å². The fourth-order valence-electron chi connectivity index (χ4n) is 1.34. The SMILES string of the molecule is CCc1onc(NC(=O)NN=N)c1COC(N)=CC=N. The zero-order chi connectivity index (χ0) is 15.0. The molecule has 0 unspecified atom stereocenters. The largest absolute Gasteiger partial charge is 0.474 e. The van der Waals surface area contributed by atoms with Crippen LogP contribution < -0.4 is 16.5 Å².